The summed E-state index contributed by atoms with van der Waals surface area (Å²) in [5, 5.41) is 2.48. The molecule has 6 aromatic carbocycles. The van der Waals surface area contributed by atoms with Crippen LogP contribution in [0.15, 0.2) is 140 Å². The van der Waals surface area contributed by atoms with E-state index in [1.165, 1.54) is 50.0 Å². The van der Waals surface area contributed by atoms with Gasteiger partial charge in [0.25, 0.3) is 0 Å². The Kier molecular flexibility index (Phi) is 5.62. The summed E-state index contributed by atoms with van der Waals surface area (Å²) in [5.41, 5.74) is 12.8. The number of imidazole rings is 1. The second-order valence-corrected chi connectivity index (χ2v) is 11.9. The van der Waals surface area contributed by atoms with E-state index in [4.69, 9.17) is 4.98 Å². The molecule has 0 unspecified atom stereocenters. The molecule has 216 valence electrons. The monoisotopic (exact) mass is 581 g/mol. The molecule has 1 aliphatic rings. The molecule has 5 nitrogen and oxygen atoms in total. The highest BCUT2D eigenvalue weighted by Crippen LogP contribution is 2.41. The van der Waals surface area contributed by atoms with Crippen LogP contribution in [0.4, 0.5) is 17.1 Å². The molecule has 3 heterocycles. The number of fused-ring (bicyclic) bond motifs is 5. The number of rotatable bonds is 4. The van der Waals surface area contributed by atoms with E-state index >= 15 is 0 Å². The summed E-state index contributed by atoms with van der Waals surface area (Å²) in [4.78, 5) is 9.81. The van der Waals surface area contributed by atoms with E-state index in [0.29, 0.717) is 0 Å². The maximum atomic E-state index is 5.12. The average molecular weight is 582 g/mol. The highest BCUT2D eigenvalue weighted by atomic mass is 15.4. The minimum absolute atomic E-state index is 0.818. The van der Waals surface area contributed by atoms with Gasteiger partial charge in [-0.05, 0) is 65.7 Å². The van der Waals surface area contributed by atoms with Gasteiger partial charge in [0.1, 0.15) is 5.82 Å². The fraction of sp³-hybridized carbons (Fsp3) is 0.0750. The van der Waals surface area contributed by atoms with Gasteiger partial charge < -0.3 is 18.9 Å². The predicted molar refractivity (Wildman–Crippen MR) is 188 cm³/mol. The summed E-state index contributed by atoms with van der Waals surface area (Å²) < 4.78 is 4.62. The van der Waals surface area contributed by atoms with E-state index in [2.05, 4.69) is 173 Å². The molecule has 0 saturated carbocycles. The Morgan fingerprint density at radius 2 is 1.22 bits per heavy atom. The van der Waals surface area contributed by atoms with Crippen LogP contribution in [0.5, 0.6) is 0 Å². The molecule has 0 saturated heterocycles. The molecule has 0 amide bonds. The van der Waals surface area contributed by atoms with Gasteiger partial charge in [-0.15, -0.1) is 0 Å². The summed E-state index contributed by atoms with van der Waals surface area (Å²) in [7, 11) is 4.27. The molecule has 1 aliphatic heterocycles. The number of para-hydroxylation sites is 3. The molecular weight excluding hydrogens is 550 g/mol. The Morgan fingerprint density at radius 1 is 0.511 bits per heavy atom. The number of aromatic nitrogens is 3. The number of benzene rings is 6. The highest BCUT2D eigenvalue weighted by molar-refractivity contribution is 6.10. The van der Waals surface area contributed by atoms with Gasteiger partial charge in [0, 0.05) is 41.8 Å². The van der Waals surface area contributed by atoms with E-state index in [9.17, 15) is 0 Å². The summed E-state index contributed by atoms with van der Waals surface area (Å²) in [6.07, 6.45) is 0. The molecule has 0 fully saturated rings. The van der Waals surface area contributed by atoms with E-state index < -0.39 is 0 Å². The van der Waals surface area contributed by atoms with E-state index in [0.717, 1.165) is 34.8 Å². The molecule has 45 heavy (non-hydrogen) atoms. The van der Waals surface area contributed by atoms with Crippen molar-refractivity contribution in [3.05, 3.63) is 140 Å². The van der Waals surface area contributed by atoms with Crippen LogP contribution in [0.25, 0.3) is 61.0 Å². The van der Waals surface area contributed by atoms with Crippen LogP contribution in [0.2, 0.25) is 0 Å². The van der Waals surface area contributed by atoms with Gasteiger partial charge in [0.05, 0.1) is 40.1 Å². The van der Waals surface area contributed by atoms with Crippen molar-refractivity contribution in [2.24, 2.45) is 7.05 Å². The van der Waals surface area contributed by atoms with E-state index in [-0.39, 0.29) is 0 Å². The van der Waals surface area contributed by atoms with Crippen LogP contribution in [-0.4, -0.2) is 27.8 Å². The van der Waals surface area contributed by atoms with Gasteiger partial charge in [-0.1, -0.05) is 84.9 Å². The molecule has 0 bridgehead atoms. The van der Waals surface area contributed by atoms with Crippen LogP contribution in [-0.2, 0) is 7.05 Å². The maximum absolute atomic E-state index is 5.12. The van der Waals surface area contributed by atoms with Crippen LogP contribution < -0.4 is 9.80 Å². The summed E-state index contributed by atoms with van der Waals surface area (Å²) >= 11 is 0. The van der Waals surface area contributed by atoms with Crippen molar-refractivity contribution in [3.8, 4) is 28.2 Å². The molecule has 2 aromatic heterocycles. The van der Waals surface area contributed by atoms with Gasteiger partial charge in [0.15, 0.2) is 0 Å². The third kappa shape index (κ3) is 3.97. The first-order valence-electron chi connectivity index (χ1n) is 15.4. The first-order chi connectivity index (χ1) is 22.1. The molecule has 0 N–H and O–H groups in total. The van der Waals surface area contributed by atoms with Crippen molar-refractivity contribution >= 4 is 49.9 Å². The Labute approximate surface area is 261 Å². The number of anilines is 3. The maximum Gasteiger partial charge on any atom is 0.140 e. The van der Waals surface area contributed by atoms with Gasteiger partial charge in [-0.25, -0.2) is 4.98 Å². The Balaban J connectivity index is 1.20. The molecule has 0 aliphatic carbocycles. The minimum atomic E-state index is 0.818. The van der Waals surface area contributed by atoms with Crippen LogP contribution in [0, 0.1) is 0 Å². The van der Waals surface area contributed by atoms with Crippen molar-refractivity contribution in [3.63, 3.8) is 0 Å². The normalized spacial score (nSPS) is 12.9. The van der Waals surface area contributed by atoms with E-state index in [1.54, 1.807) is 0 Å². The van der Waals surface area contributed by atoms with Gasteiger partial charge in [0.2, 0.25) is 0 Å². The average Bonchev–Trinajstić information content (AvgIpc) is 3.73. The van der Waals surface area contributed by atoms with Crippen LogP contribution in [0.3, 0.4) is 0 Å². The Bertz CT molecular complexity index is 2400. The van der Waals surface area contributed by atoms with Gasteiger partial charge in [-0.2, -0.15) is 0 Å². The first-order valence-corrected chi connectivity index (χ1v) is 15.4. The first kappa shape index (κ1) is 25.7. The van der Waals surface area contributed by atoms with Crippen LogP contribution >= 0.6 is 0 Å². The quantitative estimate of drug-likeness (QED) is 0.207. The Hall–Kier alpha value is -5.81. The molecular formula is C40H31N5. The molecule has 5 heteroatoms. The van der Waals surface area contributed by atoms with Crippen molar-refractivity contribution < 1.29 is 0 Å². The fourth-order valence-electron chi connectivity index (χ4n) is 7.05. The van der Waals surface area contributed by atoms with Crippen molar-refractivity contribution in [2.45, 2.75) is 0 Å². The Morgan fingerprint density at radius 3 is 2.11 bits per heavy atom. The molecule has 0 spiro atoms. The molecule has 9 rings (SSSR count). The van der Waals surface area contributed by atoms with E-state index in [1.807, 2.05) is 0 Å². The zero-order valence-corrected chi connectivity index (χ0v) is 25.2. The number of hydrogen-bond acceptors (Lipinski definition) is 3. The second kappa shape index (κ2) is 9.86. The van der Waals surface area contributed by atoms with Crippen LogP contribution in [0.1, 0.15) is 0 Å². The standard InChI is InChI=1S/C40H31N5/c1-42-26-44(37-18-9-8-17-36(37)42)30-13-10-14-31(25-30)45-35-16-7-6-15-32(35)33-21-19-29(24-38(33)45)40-41-34-22-20-28(23-39(34)43(40)2)27-11-4-3-5-12-27/h3-25H,26H2,1-2H3. The minimum Gasteiger partial charge on any atom is -0.355 e. The van der Waals surface area contributed by atoms with Gasteiger partial charge in [-0.3, -0.25) is 0 Å². The third-order valence-electron chi connectivity index (χ3n) is 9.26. The van der Waals surface area contributed by atoms with Gasteiger partial charge >= 0.3 is 0 Å². The second-order valence-electron chi connectivity index (χ2n) is 11.9. The number of aryl methyl sites for hydroxylation is 1. The van der Waals surface area contributed by atoms with Crippen molar-refractivity contribution in [1.82, 2.24) is 14.1 Å². The number of nitrogens with zero attached hydrogens (tertiary/aromatic N) is 5. The summed E-state index contributed by atoms with van der Waals surface area (Å²) in [6, 6.07) is 50.1. The zero-order valence-electron chi connectivity index (χ0n) is 25.2. The predicted octanol–water partition coefficient (Wildman–Crippen LogP) is 9.55. The summed E-state index contributed by atoms with van der Waals surface area (Å²) in [6.45, 7) is 0.818. The zero-order chi connectivity index (χ0) is 30.1. The third-order valence-corrected chi connectivity index (χ3v) is 9.26. The number of hydrogen-bond donors (Lipinski definition) is 0. The van der Waals surface area contributed by atoms with Crippen molar-refractivity contribution in [1.29, 1.82) is 0 Å². The lowest BCUT2D eigenvalue weighted by Gasteiger charge is -2.21. The molecule has 8 aromatic rings. The largest absolute Gasteiger partial charge is 0.355 e. The SMILES string of the molecule is CN1CN(c2cccc(-n3c4ccccc4c4ccc(-c5nc6ccc(-c7ccccc7)cc6n5C)cc43)c2)c2ccccc21. The molecule has 0 radical (unpaired) electrons. The fourth-order valence-corrected chi connectivity index (χ4v) is 7.05. The lowest BCUT2D eigenvalue weighted by atomic mass is 10.1. The molecule has 0 atom stereocenters. The van der Waals surface area contributed by atoms with Crippen molar-refractivity contribution in [2.75, 3.05) is 23.5 Å². The smallest absolute Gasteiger partial charge is 0.140 e. The lowest BCUT2D eigenvalue weighted by molar-refractivity contribution is 0.948. The highest BCUT2D eigenvalue weighted by Gasteiger charge is 2.24. The summed E-state index contributed by atoms with van der Waals surface area (Å²) in [5.74, 6) is 0.958. The lowest BCUT2D eigenvalue weighted by Crippen LogP contribution is -2.24. The topological polar surface area (TPSA) is 29.2 Å².